The number of hydrogen-bond donors (Lipinski definition) is 0. The second kappa shape index (κ2) is 4.20. The highest BCUT2D eigenvalue weighted by atomic mass is 32.2. The molecule has 2 unspecified atom stereocenters. The van der Waals surface area contributed by atoms with Crippen LogP contribution in [0.1, 0.15) is 17.5 Å². The van der Waals surface area contributed by atoms with Crippen molar-refractivity contribution < 1.29 is 17.4 Å². The zero-order valence-electron chi connectivity index (χ0n) is 8.46. The molecule has 1 aliphatic rings. The van der Waals surface area contributed by atoms with Gasteiger partial charge in [-0.15, -0.1) is 0 Å². The van der Waals surface area contributed by atoms with Crippen LogP contribution in [-0.2, 0) is 23.6 Å². The lowest BCUT2D eigenvalue weighted by atomic mass is 9.92. The Labute approximate surface area is 94.1 Å². The lowest BCUT2D eigenvalue weighted by Gasteiger charge is -2.24. The monoisotopic (exact) mass is 248 g/mol. The maximum absolute atomic E-state index is 12.3. The van der Waals surface area contributed by atoms with Crippen molar-refractivity contribution >= 4 is 10.8 Å². The first-order valence-electron chi connectivity index (χ1n) is 5.02. The van der Waals surface area contributed by atoms with Gasteiger partial charge < -0.3 is 0 Å². The van der Waals surface area contributed by atoms with Gasteiger partial charge in [-0.25, -0.2) is 0 Å². The van der Waals surface area contributed by atoms with Gasteiger partial charge in [-0.1, -0.05) is 24.3 Å². The number of fused-ring (bicyclic) bond motifs is 1. The lowest BCUT2D eigenvalue weighted by molar-refractivity contribution is -0.0392. The molecule has 0 saturated carbocycles. The molecule has 1 aliphatic carbocycles. The van der Waals surface area contributed by atoms with Gasteiger partial charge in [-0.2, -0.15) is 13.2 Å². The smallest absolute Gasteiger partial charge is 0.250 e. The molecule has 0 amide bonds. The highest BCUT2D eigenvalue weighted by molar-refractivity contribution is 7.86. The van der Waals surface area contributed by atoms with Crippen LogP contribution in [0.15, 0.2) is 24.3 Å². The average molecular weight is 248 g/mol. The Kier molecular flexibility index (Phi) is 3.06. The first-order valence-corrected chi connectivity index (χ1v) is 6.24. The van der Waals surface area contributed by atoms with Crippen molar-refractivity contribution in [2.45, 2.75) is 30.0 Å². The highest BCUT2D eigenvalue weighted by Crippen LogP contribution is 2.31. The predicted molar refractivity (Wildman–Crippen MR) is 56.5 cm³/mol. The third kappa shape index (κ3) is 2.29. The van der Waals surface area contributed by atoms with E-state index in [-0.39, 0.29) is 6.42 Å². The van der Waals surface area contributed by atoms with Gasteiger partial charge in [-0.3, -0.25) is 4.21 Å². The molecule has 5 heteroatoms. The van der Waals surface area contributed by atoms with E-state index in [1.807, 2.05) is 18.2 Å². The number of alkyl halides is 3. The van der Waals surface area contributed by atoms with Crippen molar-refractivity contribution in [2.75, 3.05) is 0 Å². The highest BCUT2D eigenvalue weighted by Gasteiger charge is 2.42. The van der Waals surface area contributed by atoms with E-state index in [4.69, 9.17) is 0 Å². The van der Waals surface area contributed by atoms with Crippen molar-refractivity contribution in [1.29, 1.82) is 0 Å². The van der Waals surface area contributed by atoms with Gasteiger partial charge in [0.15, 0.2) is 0 Å². The normalized spacial score (nSPS) is 22.6. The third-order valence-corrected chi connectivity index (χ3v) is 4.30. The summed E-state index contributed by atoms with van der Waals surface area (Å²) in [7, 11) is -2.73. The largest absolute Gasteiger partial charge is 0.471 e. The van der Waals surface area contributed by atoms with Crippen LogP contribution in [0.5, 0.6) is 0 Å². The molecule has 2 rings (SSSR count). The number of rotatable bonds is 1. The summed E-state index contributed by atoms with van der Waals surface area (Å²) in [5, 5.41) is -0.782. The van der Waals surface area contributed by atoms with Crippen LogP contribution in [0.4, 0.5) is 13.2 Å². The van der Waals surface area contributed by atoms with Crippen molar-refractivity contribution in [2.24, 2.45) is 0 Å². The molecule has 1 nitrogen and oxygen atoms in total. The van der Waals surface area contributed by atoms with E-state index in [1.54, 1.807) is 6.07 Å². The summed E-state index contributed by atoms with van der Waals surface area (Å²) in [6, 6.07) is 7.41. The quantitative estimate of drug-likeness (QED) is 0.747. The molecule has 88 valence electrons. The summed E-state index contributed by atoms with van der Waals surface area (Å²) < 4.78 is 48.1. The molecule has 1 aromatic rings. The Hall–Kier alpha value is -0.840. The topological polar surface area (TPSA) is 17.1 Å². The molecule has 0 aliphatic heterocycles. The van der Waals surface area contributed by atoms with Crippen LogP contribution in [0.2, 0.25) is 0 Å². The molecular weight excluding hydrogens is 237 g/mol. The second-order valence-electron chi connectivity index (χ2n) is 3.88. The van der Waals surface area contributed by atoms with Crippen LogP contribution >= 0.6 is 0 Å². The molecule has 0 spiro atoms. The van der Waals surface area contributed by atoms with E-state index in [1.165, 1.54) is 0 Å². The molecule has 0 saturated heterocycles. The number of aryl methyl sites for hydroxylation is 1. The van der Waals surface area contributed by atoms with E-state index >= 15 is 0 Å². The first kappa shape index (κ1) is 11.6. The van der Waals surface area contributed by atoms with Crippen LogP contribution < -0.4 is 0 Å². The summed E-state index contributed by atoms with van der Waals surface area (Å²) in [4.78, 5) is 0. The van der Waals surface area contributed by atoms with E-state index in [9.17, 15) is 17.4 Å². The van der Waals surface area contributed by atoms with Crippen LogP contribution in [0, 0.1) is 0 Å². The molecular formula is C11H11F3OS. The Morgan fingerprint density at radius 1 is 1.19 bits per heavy atom. The molecule has 0 N–H and O–H groups in total. The Morgan fingerprint density at radius 2 is 1.81 bits per heavy atom. The first-order chi connectivity index (χ1) is 7.48. The van der Waals surface area contributed by atoms with Gasteiger partial charge in [-0.05, 0) is 30.4 Å². The van der Waals surface area contributed by atoms with Crippen LogP contribution in [-0.4, -0.2) is 15.0 Å². The number of benzene rings is 1. The molecule has 0 bridgehead atoms. The van der Waals surface area contributed by atoms with Gasteiger partial charge >= 0.3 is 5.51 Å². The Balaban J connectivity index is 2.17. The maximum Gasteiger partial charge on any atom is 0.471 e. The molecule has 16 heavy (non-hydrogen) atoms. The minimum absolute atomic E-state index is 0.266. The molecule has 0 radical (unpaired) electrons. The zero-order chi connectivity index (χ0) is 11.8. The number of hydrogen-bond acceptors (Lipinski definition) is 1. The van der Waals surface area contributed by atoms with E-state index in [2.05, 4.69) is 0 Å². The minimum atomic E-state index is -4.59. The van der Waals surface area contributed by atoms with Gasteiger partial charge in [0, 0.05) is 5.25 Å². The van der Waals surface area contributed by atoms with Crippen LogP contribution in [0.25, 0.3) is 0 Å². The average Bonchev–Trinajstić information content (AvgIpc) is 2.26. The fourth-order valence-corrected chi connectivity index (χ4v) is 3.08. The summed E-state index contributed by atoms with van der Waals surface area (Å²) in [6.45, 7) is 0. The SMILES string of the molecule is O=S(C1CCc2ccccc2C1)C(F)(F)F. The van der Waals surface area contributed by atoms with E-state index in [0.29, 0.717) is 12.8 Å². The summed E-state index contributed by atoms with van der Waals surface area (Å²) >= 11 is 0. The molecule has 0 heterocycles. The van der Waals surface area contributed by atoms with Crippen molar-refractivity contribution in [1.82, 2.24) is 0 Å². The predicted octanol–water partition coefficient (Wildman–Crippen LogP) is 2.81. The van der Waals surface area contributed by atoms with Gasteiger partial charge in [0.05, 0.1) is 0 Å². The minimum Gasteiger partial charge on any atom is -0.250 e. The van der Waals surface area contributed by atoms with E-state index < -0.39 is 21.6 Å². The van der Waals surface area contributed by atoms with Gasteiger partial charge in [0.2, 0.25) is 0 Å². The Morgan fingerprint density at radius 3 is 2.44 bits per heavy atom. The fourth-order valence-electron chi connectivity index (χ4n) is 2.04. The second-order valence-corrected chi connectivity index (χ2v) is 5.60. The van der Waals surface area contributed by atoms with Crippen molar-refractivity contribution in [3.05, 3.63) is 35.4 Å². The van der Waals surface area contributed by atoms with Crippen molar-refractivity contribution in [3.63, 3.8) is 0 Å². The van der Waals surface area contributed by atoms with E-state index in [0.717, 1.165) is 11.1 Å². The maximum atomic E-state index is 12.3. The summed E-state index contributed by atoms with van der Waals surface area (Å²) in [5.41, 5.74) is -2.61. The standard InChI is InChI=1S/C11H11F3OS/c12-11(13,14)16(15)10-6-5-8-3-1-2-4-9(8)7-10/h1-4,10H,5-7H2. The van der Waals surface area contributed by atoms with Gasteiger partial charge in [0.25, 0.3) is 0 Å². The third-order valence-electron chi connectivity index (χ3n) is 2.83. The lowest BCUT2D eigenvalue weighted by Crippen LogP contribution is -2.32. The fraction of sp³-hybridized carbons (Fsp3) is 0.455. The molecule has 0 aromatic heterocycles. The van der Waals surface area contributed by atoms with Gasteiger partial charge in [0.1, 0.15) is 10.8 Å². The zero-order valence-corrected chi connectivity index (χ0v) is 9.27. The van der Waals surface area contributed by atoms with Crippen molar-refractivity contribution in [3.8, 4) is 0 Å². The number of halogens is 3. The Bertz CT molecular complexity index is 414. The molecule has 0 fully saturated rings. The van der Waals surface area contributed by atoms with Crippen LogP contribution in [0.3, 0.4) is 0 Å². The summed E-state index contributed by atoms with van der Waals surface area (Å²) in [6.07, 6.45) is 1.20. The summed E-state index contributed by atoms with van der Waals surface area (Å²) in [5.74, 6) is 0. The molecule has 1 aromatic carbocycles. The molecule has 2 atom stereocenters.